The van der Waals surface area contributed by atoms with Gasteiger partial charge in [0.25, 0.3) is 0 Å². The summed E-state index contributed by atoms with van der Waals surface area (Å²) in [4.78, 5) is 2.57. The number of anilines is 1. The van der Waals surface area contributed by atoms with Gasteiger partial charge in [-0.1, -0.05) is 0 Å². The summed E-state index contributed by atoms with van der Waals surface area (Å²) in [7, 11) is 0. The Morgan fingerprint density at radius 1 is 1.22 bits per heavy atom. The number of benzene rings is 1. The number of rotatable bonds is 1. The summed E-state index contributed by atoms with van der Waals surface area (Å²) >= 11 is 2.87. The first-order valence-corrected chi connectivity index (χ1v) is 8.09. The Morgan fingerprint density at radius 3 is 2.78 bits per heavy atom. The average Bonchev–Trinajstić information content (AvgIpc) is 2.40. The SMILES string of the molecule is Cc1ccc(N2CCNCC2)c2c1CC[C@@H]([As])C2. The van der Waals surface area contributed by atoms with Gasteiger partial charge >= 0.3 is 119 Å². The first kappa shape index (κ1) is 12.6. The van der Waals surface area contributed by atoms with Crippen molar-refractivity contribution >= 4 is 22.5 Å². The molecule has 2 nitrogen and oxygen atoms in total. The zero-order valence-electron chi connectivity index (χ0n) is 11.1. The third-order valence-electron chi connectivity index (χ3n) is 4.27. The first-order valence-electron chi connectivity index (χ1n) is 7.01. The van der Waals surface area contributed by atoms with Crippen molar-refractivity contribution in [1.82, 2.24) is 5.32 Å². The molecule has 0 bridgehead atoms. The van der Waals surface area contributed by atoms with Gasteiger partial charge in [-0.3, -0.25) is 0 Å². The Labute approximate surface area is 119 Å². The fraction of sp³-hybridized carbons (Fsp3) is 0.600. The van der Waals surface area contributed by atoms with Crippen molar-refractivity contribution in [2.24, 2.45) is 0 Å². The summed E-state index contributed by atoms with van der Waals surface area (Å²) in [5, 5.41) is 3.44. The molecule has 0 spiro atoms. The molecule has 18 heavy (non-hydrogen) atoms. The Hall–Kier alpha value is -0.462. The van der Waals surface area contributed by atoms with Crippen LogP contribution in [0.4, 0.5) is 5.69 Å². The zero-order chi connectivity index (χ0) is 12.5. The molecule has 0 saturated carbocycles. The monoisotopic (exact) mass is 304 g/mol. The quantitative estimate of drug-likeness (QED) is 0.797. The van der Waals surface area contributed by atoms with E-state index in [0.29, 0.717) is 0 Å². The number of hydrogen-bond donors (Lipinski definition) is 1. The van der Waals surface area contributed by atoms with Crippen LogP contribution in [0.25, 0.3) is 0 Å². The molecule has 1 heterocycles. The molecule has 2 aliphatic rings. The van der Waals surface area contributed by atoms with E-state index in [0.717, 1.165) is 30.9 Å². The van der Waals surface area contributed by atoms with Gasteiger partial charge in [-0.05, 0) is 0 Å². The van der Waals surface area contributed by atoms with Crippen LogP contribution in [0.5, 0.6) is 0 Å². The van der Waals surface area contributed by atoms with Crippen LogP contribution in [0.15, 0.2) is 12.1 Å². The third-order valence-corrected chi connectivity index (χ3v) is 5.19. The van der Waals surface area contributed by atoms with Gasteiger partial charge in [0, 0.05) is 0 Å². The van der Waals surface area contributed by atoms with E-state index >= 15 is 0 Å². The molecule has 96 valence electrons. The van der Waals surface area contributed by atoms with E-state index in [1.807, 2.05) is 0 Å². The molecule has 1 aliphatic heterocycles. The Morgan fingerprint density at radius 2 is 2.00 bits per heavy atom. The van der Waals surface area contributed by atoms with Crippen molar-refractivity contribution < 1.29 is 0 Å². The molecule has 3 heteroatoms. The minimum atomic E-state index is 0.786. The van der Waals surface area contributed by atoms with Gasteiger partial charge in [-0.15, -0.1) is 0 Å². The van der Waals surface area contributed by atoms with Crippen molar-refractivity contribution in [3.05, 3.63) is 28.8 Å². The van der Waals surface area contributed by atoms with E-state index in [1.54, 1.807) is 11.1 Å². The molecule has 0 amide bonds. The van der Waals surface area contributed by atoms with Crippen LogP contribution >= 0.6 is 0 Å². The van der Waals surface area contributed by atoms with Crippen molar-refractivity contribution in [2.75, 3.05) is 31.1 Å². The van der Waals surface area contributed by atoms with Crippen molar-refractivity contribution in [3.8, 4) is 0 Å². The number of piperazine rings is 1. The number of aryl methyl sites for hydroxylation is 1. The predicted octanol–water partition coefficient (Wildman–Crippen LogP) is 1.85. The fourth-order valence-corrected chi connectivity index (χ4v) is 3.88. The molecular formula is C15H21AsN2. The van der Waals surface area contributed by atoms with E-state index in [-0.39, 0.29) is 0 Å². The van der Waals surface area contributed by atoms with Gasteiger partial charge in [0.1, 0.15) is 0 Å². The van der Waals surface area contributed by atoms with Crippen molar-refractivity contribution in [3.63, 3.8) is 0 Å². The van der Waals surface area contributed by atoms with Crippen LogP contribution < -0.4 is 10.2 Å². The topological polar surface area (TPSA) is 15.3 Å². The second-order valence-corrected chi connectivity index (χ2v) is 7.02. The summed E-state index contributed by atoms with van der Waals surface area (Å²) in [6, 6.07) is 4.67. The normalized spacial score (nSPS) is 23.9. The molecule has 1 aromatic carbocycles. The van der Waals surface area contributed by atoms with Gasteiger partial charge in [-0.25, -0.2) is 0 Å². The van der Waals surface area contributed by atoms with Gasteiger partial charge in [0.15, 0.2) is 0 Å². The van der Waals surface area contributed by atoms with Gasteiger partial charge < -0.3 is 0 Å². The van der Waals surface area contributed by atoms with Crippen LogP contribution in [-0.4, -0.2) is 43.0 Å². The Bertz CT molecular complexity index is 438. The van der Waals surface area contributed by atoms with Crippen molar-refractivity contribution in [2.45, 2.75) is 30.9 Å². The van der Waals surface area contributed by atoms with E-state index in [4.69, 9.17) is 0 Å². The maximum absolute atomic E-state index is 3.44. The molecule has 3 rings (SSSR count). The summed E-state index contributed by atoms with van der Waals surface area (Å²) in [6.07, 6.45) is 3.84. The fourth-order valence-electron chi connectivity index (χ4n) is 3.22. The van der Waals surface area contributed by atoms with E-state index in [9.17, 15) is 0 Å². The summed E-state index contributed by atoms with van der Waals surface area (Å²) < 4.78 is 0.786. The van der Waals surface area contributed by atoms with Crippen LogP contribution in [0.3, 0.4) is 0 Å². The van der Waals surface area contributed by atoms with Crippen LogP contribution in [-0.2, 0) is 12.8 Å². The van der Waals surface area contributed by atoms with Gasteiger partial charge in [0.05, 0.1) is 0 Å². The van der Waals surface area contributed by atoms with Crippen LogP contribution in [0.1, 0.15) is 23.1 Å². The standard InChI is InChI=1S/C15H21AsN2/c1-11-2-5-15(18-8-6-17-7-9-18)14-10-12(16)3-4-13(11)14/h2,5,12,17H,3-4,6-10H2,1H3/t12-/m1/s1. The van der Waals surface area contributed by atoms with Crippen LogP contribution in [0, 0.1) is 6.92 Å². The van der Waals surface area contributed by atoms with Crippen LogP contribution in [0.2, 0.25) is 4.71 Å². The van der Waals surface area contributed by atoms with Gasteiger partial charge in [-0.2, -0.15) is 0 Å². The van der Waals surface area contributed by atoms with Gasteiger partial charge in [0.2, 0.25) is 0 Å². The third kappa shape index (κ3) is 2.33. The van der Waals surface area contributed by atoms with E-state index in [2.05, 4.69) is 46.1 Å². The molecular weight excluding hydrogens is 283 g/mol. The number of nitrogens with one attached hydrogen (secondary N) is 1. The molecule has 1 aliphatic carbocycles. The molecule has 0 unspecified atom stereocenters. The number of hydrogen-bond acceptors (Lipinski definition) is 2. The van der Waals surface area contributed by atoms with E-state index in [1.165, 1.54) is 30.5 Å². The van der Waals surface area contributed by atoms with Crippen molar-refractivity contribution in [1.29, 1.82) is 0 Å². The molecule has 1 aromatic rings. The molecule has 1 atom stereocenters. The summed E-state index contributed by atoms with van der Waals surface area (Å²) in [5.74, 6) is 0. The summed E-state index contributed by atoms with van der Waals surface area (Å²) in [6.45, 7) is 6.81. The maximum atomic E-state index is 3.44. The average molecular weight is 304 g/mol. The zero-order valence-corrected chi connectivity index (χ0v) is 13.0. The molecule has 0 aromatic heterocycles. The Balaban J connectivity index is 1.98. The molecule has 2 radical (unpaired) electrons. The predicted molar refractivity (Wildman–Crippen MR) is 77.8 cm³/mol. The first-order chi connectivity index (χ1) is 8.75. The second kappa shape index (κ2) is 5.27. The summed E-state index contributed by atoms with van der Waals surface area (Å²) in [5.41, 5.74) is 6.26. The van der Waals surface area contributed by atoms with E-state index < -0.39 is 0 Å². The number of nitrogens with zero attached hydrogens (tertiary/aromatic N) is 1. The molecule has 1 N–H and O–H groups in total. The number of fused-ring (bicyclic) bond motifs is 1. The Kier molecular flexibility index (Phi) is 3.68. The molecule has 1 saturated heterocycles. The second-order valence-electron chi connectivity index (χ2n) is 5.49. The molecule has 1 fully saturated rings. The minimum absolute atomic E-state index is 0.786.